The van der Waals surface area contributed by atoms with Gasteiger partial charge < -0.3 is 24.8 Å². The summed E-state index contributed by atoms with van der Waals surface area (Å²) in [6.45, 7) is 8.78. The average Bonchev–Trinajstić information content (AvgIpc) is 2.80. The topological polar surface area (TPSA) is 66.3 Å². The molecule has 2 aliphatic rings. The smallest absolute Gasteiger partial charge is 0.279 e. The van der Waals surface area contributed by atoms with Gasteiger partial charge in [-0.1, -0.05) is 12.1 Å². The maximum absolute atomic E-state index is 12.7. The molecule has 0 aromatic heterocycles. The van der Waals surface area contributed by atoms with Crippen molar-refractivity contribution in [1.29, 1.82) is 0 Å². The van der Waals surface area contributed by atoms with Gasteiger partial charge >= 0.3 is 0 Å². The maximum Gasteiger partial charge on any atom is 0.279 e. The lowest BCUT2D eigenvalue weighted by Gasteiger charge is -2.33. The number of carbonyl (C=O) groups is 2. The Hall–Kier alpha value is -2.90. The van der Waals surface area contributed by atoms with Gasteiger partial charge in [0.25, 0.3) is 5.91 Å². The lowest BCUT2D eigenvalue weighted by molar-refractivity contribution is -0.892. The number of carbonyl (C=O) groups excluding carboxylic acids is 2. The summed E-state index contributed by atoms with van der Waals surface area (Å²) in [4.78, 5) is 30.1. The van der Waals surface area contributed by atoms with Crippen LogP contribution in [0.3, 0.4) is 0 Å². The van der Waals surface area contributed by atoms with Gasteiger partial charge in [-0.15, -0.1) is 0 Å². The van der Waals surface area contributed by atoms with Crippen LogP contribution in [0.25, 0.3) is 0 Å². The number of hydrogen-bond donors (Lipinski definition) is 2. The number of amides is 1. The van der Waals surface area contributed by atoms with Gasteiger partial charge in [-0.2, -0.15) is 0 Å². The summed E-state index contributed by atoms with van der Waals surface area (Å²) < 4.78 is 5.45. The van der Waals surface area contributed by atoms with Crippen LogP contribution >= 0.6 is 0 Å². The van der Waals surface area contributed by atoms with Crippen molar-refractivity contribution >= 4 is 28.8 Å². The highest BCUT2D eigenvalue weighted by Gasteiger charge is 2.23. The number of morpholine rings is 1. The second kappa shape index (κ2) is 9.94. The normalized spacial score (nSPS) is 17.5. The average molecular weight is 424 g/mol. The number of piperazine rings is 1. The summed E-state index contributed by atoms with van der Waals surface area (Å²) in [5, 5.41) is 3.13. The summed E-state index contributed by atoms with van der Waals surface area (Å²) in [6.07, 6.45) is 0. The number of para-hydroxylation sites is 2. The Kier molecular flexibility index (Phi) is 6.84. The van der Waals surface area contributed by atoms with Crippen molar-refractivity contribution in [3.05, 3.63) is 54.1 Å². The Balaban J connectivity index is 1.29. The molecule has 2 N–H and O–H groups in total. The van der Waals surface area contributed by atoms with E-state index in [-0.39, 0.29) is 11.7 Å². The lowest BCUT2D eigenvalue weighted by Crippen LogP contribution is -3.15. The number of quaternary nitrogens is 1. The van der Waals surface area contributed by atoms with Crippen molar-refractivity contribution < 1.29 is 19.2 Å². The summed E-state index contributed by atoms with van der Waals surface area (Å²) >= 11 is 0. The Morgan fingerprint density at radius 3 is 2.29 bits per heavy atom. The number of ether oxygens (including phenoxy) is 1. The highest BCUT2D eigenvalue weighted by Crippen LogP contribution is 2.26. The van der Waals surface area contributed by atoms with E-state index in [0.717, 1.165) is 61.9 Å². The third-order valence-electron chi connectivity index (χ3n) is 6.05. The number of Topliss-reactive ketones (excluding diaryl/α,β-unsaturated/α-hetero) is 1. The standard InChI is InChI=1S/C24H30N4O3/c1-19(29)20-6-8-21(9-7-20)27-12-10-26(11-13-27)18-24(30)25-22-4-2-3-5-23(22)28-14-16-31-17-15-28/h2-9H,10-18H2,1H3,(H,25,30)/p+1. The Morgan fingerprint density at radius 2 is 1.61 bits per heavy atom. The first-order valence-electron chi connectivity index (χ1n) is 11.0. The summed E-state index contributed by atoms with van der Waals surface area (Å²) in [5.41, 5.74) is 3.81. The van der Waals surface area contributed by atoms with Crippen molar-refractivity contribution in [3.8, 4) is 0 Å². The van der Waals surface area contributed by atoms with Crippen LogP contribution in [0.1, 0.15) is 17.3 Å². The fourth-order valence-electron chi connectivity index (χ4n) is 4.25. The molecule has 2 fully saturated rings. The second-order valence-electron chi connectivity index (χ2n) is 8.18. The minimum atomic E-state index is 0.0509. The second-order valence-corrected chi connectivity index (χ2v) is 8.18. The Morgan fingerprint density at radius 1 is 0.935 bits per heavy atom. The van der Waals surface area contributed by atoms with E-state index in [4.69, 9.17) is 4.74 Å². The molecule has 2 aromatic carbocycles. The predicted octanol–water partition coefficient (Wildman–Crippen LogP) is 1.07. The molecule has 2 saturated heterocycles. The molecule has 0 spiro atoms. The zero-order valence-electron chi connectivity index (χ0n) is 18.1. The number of anilines is 3. The summed E-state index contributed by atoms with van der Waals surface area (Å²) in [7, 11) is 0. The maximum atomic E-state index is 12.7. The zero-order valence-corrected chi connectivity index (χ0v) is 18.1. The molecule has 7 heteroatoms. The van der Waals surface area contributed by atoms with E-state index in [2.05, 4.69) is 21.2 Å². The molecule has 31 heavy (non-hydrogen) atoms. The summed E-state index contributed by atoms with van der Waals surface area (Å²) in [5.74, 6) is 0.136. The minimum Gasteiger partial charge on any atom is -0.378 e. The van der Waals surface area contributed by atoms with Crippen molar-refractivity contribution in [2.24, 2.45) is 0 Å². The van der Waals surface area contributed by atoms with Gasteiger partial charge in [0.05, 0.1) is 50.8 Å². The van der Waals surface area contributed by atoms with E-state index in [1.165, 1.54) is 4.90 Å². The minimum absolute atomic E-state index is 0.0509. The van der Waals surface area contributed by atoms with Gasteiger partial charge in [-0.25, -0.2) is 0 Å². The van der Waals surface area contributed by atoms with Crippen LogP contribution in [0.4, 0.5) is 17.1 Å². The van der Waals surface area contributed by atoms with Crippen LogP contribution in [0.15, 0.2) is 48.5 Å². The largest absolute Gasteiger partial charge is 0.378 e. The molecule has 1 amide bonds. The first-order chi connectivity index (χ1) is 15.1. The van der Waals surface area contributed by atoms with Crippen molar-refractivity contribution in [1.82, 2.24) is 0 Å². The fourth-order valence-corrected chi connectivity index (χ4v) is 4.25. The Labute approximate surface area is 183 Å². The fraction of sp³-hybridized carbons (Fsp3) is 0.417. The molecular weight excluding hydrogens is 392 g/mol. The molecule has 0 unspecified atom stereocenters. The van der Waals surface area contributed by atoms with Gasteiger partial charge in [0.1, 0.15) is 0 Å². The third kappa shape index (κ3) is 5.42. The molecule has 0 bridgehead atoms. The van der Waals surface area contributed by atoms with E-state index in [0.29, 0.717) is 19.8 Å². The van der Waals surface area contributed by atoms with Crippen LogP contribution in [0.5, 0.6) is 0 Å². The van der Waals surface area contributed by atoms with Crippen LogP contribution in [0.2, 0.25) is 0 Å². The van der Waals surface area contributed by atoms with E-state index in [1.54, 1.807) is 6.92 Å². The van der Waals surface area contributed by atoms with Crippen molar-refractivity contribution in [2.45, 2.75) is 6.92 Å². The van der Waals surface area contributed by atoms with Crippen LogP contribution in [-0.2, 0) is 9.53 Å². The van der Waals surface area contributed by atoms with E-state index < -0.39 is 0 Å². The molecular formula is C24H31N4O3+. The highest BCUT2D eigenvalue weighted by molar-refractivity contribution is 5.95. The number of rotatable bonds is 6. The van der Waals surface area contributed by atoms with Crippen molar-refractivity contribution in [2.75, 3.05) is 74.1 Å². The van der Waals surface area contributed by atoms with Gasteiger partial charge in [0.15, 0.2) is 12.3 Å². The molecule has 0 radical (unpaired) electrons. The molecule has 4 rings (SSSR count). The van der Waals surface area contributed by atoms with Crippen LogP contribution in [-0.4, -0.2) is 70.7 Å². The van der Waals surface area contributed by atoms with E-state index >= 15 is 0 Å². The number of hydrogen-bond acceptors (Lipinski definition) is 5. The SMILES string of the molecule is CC(=O)c1ccc(N2CC[NH+](CC(=O)Nc3ccccc3N3CCOCC3)CC2)cc1. The Bertz CT molecular complexity index is 901. The van der Waals surface area contributed by atoms with Crippen LogP contribution in [0, 0.1) is 0 Å². The van der Waals surface area contributed by atoms with Crippen LogP contribution < -0.4 is 20.0 Å². The highest BCUT2D eigenvalue weighted by atomic mass is 16.5. The first-order valence-corrected chi connectivity index (χ1v) is 11.0. The van der Waals surface area contributed by atoms with Gasteiger partial charge in [0.2, 0.25) is 0 Å². The van der Waals surface area contributed by atoms with E-state index in [1.807, 2.05) is 42.5 Å². The first kappa shape index (κ1) is 21.3. The number of nitrogens with one attached hydrogen (secondary N) is 2. The molecule has 2 heterocycles. The predicted molar refractivity (Wildman–Crippen MR) is 122 cm³/mol. The van der Waals surface area contributed by atoms with Gasteiger partial charge in [0, 0.05) is 24.3 Å². The summed E-state index contributed by atoms with van der Waals surface area (Å²) in [6, 6.07) is 15.8. The van der Waals surface area contributed by atoms with E-state index in [9.17, 15) is 9.59 Å². The third-order valence-corrected chi connectivity index (χ3v) is 6.05. The number of ketones is 1. The lowest BCUT2D eigenvalue weighted by atomic mass is 10.1. The van der Waals surface area contributed by atoms with Gasteiger partial charge in [-0.3, -0.25) is 9.59 Å². The quantitative estimate of drug-likeness (QED) is 0.681. The molecule has 164 valence electrons. The van der Waals surface area contributed by atoms with Gasteiger partial charge in [-0.05, 0) is 43.3 Å². The zero-order chi connectivity index (χ0) is 21.6. The molecule has 2 aromatic rings. The molecule has 7 nitrogen and oxygen atoms in total. The molecule has 2 aliphatic heterocycles. The molecule has 0 atom stereocenters. The molecule has 0 saturated carbocycles. The van der Waals surface area contributed by atoms with Crippen molar-refractivity contribution in [3.63, 3.8) is 0 Å². The molecule has 0 aliphatic carbocycles. The number of benzene rings is 2. The number of nitrogens with zero attached hydrogens (tertiary/aromatic N) is 2. The monoisotopic (exact) mass is 423 g/mol.